The summed E-state index contributed by atoms with van der Waals surface area (Å²) in [5.74, 6) is 1.24. The van der Waals surface area contributed by atoms with E-state index in [9.17, 15) is 9.18 Å². The van der Waals surface area contributed by atoms with Crippen LogP contribution < -0.4 is 15.4 Å². The summed E-state index contributed by atoms with van der Waals surface area (Å²) in [6, 6.07) is 18.8. The molecule has 0 aliphatic carbocycles. The number of imidazole rings is 1. The van der Waals surface area contributed by atoms with E-state index >= 15 is 0 Å². The van der Waals surface area contributed by atoms with Crippen LogP contribution in [0.5, 0.6) is 5.75 Å². The number of nitrogens with one attached hydrogen (secondary N) is 2. The normalized spacial score (nSPS) is 11.1. The Morgan fingerprint density at radius 2 is 1.92 bits per heavy atom. The zero-order chi connectivity index (χ0) is 26.3. The fourth-order valence-corrected chi connectivity index (χ4v) is 4.13. The molecule has 0 aliphatic heterocycles. The van der Waals surface area contributed by atoms with Gasteiger partial charge in [0.1, 0.15) is 23.7 Å². The summed E-state index contributed by atoms with van der Waals surface area (Å²) < 4.78 is 26.7. The lowest BCUT2D eigenvalue weighted by atomic mass is 10.2. The lowest BCUT2D eigenvalue weighted by Crippen LogP contribution is -2.24. The molecule has 10 heteroatoms. The minimum atomic E-state index is -0.473. The number of amides is 1. The van der Waals surface area contributed by atoms with Crippen molar-refractivity contribution in [2.24, 2.45) is 0 Å². The quantitative estimate of drug-likeness (QED) is 0.258. The van der Waals surface area contributed by atoms with Crippen molar-refractivity contribution in [2.45, 2.75) is 19.4 Å². The van der Waals surface area contributed by atoms with Gasteiger partial charge in [0.2, 0.25) is 0 Å². The highest BCUT2D eigenvalue weighted by molar-refractivity contribution is 5.91. The summed E-state index contributed by atoms with van der Waals surface area (Å²) in [7, 11) is 1.66. The standard InChI is InChI=1S/C28H27FN6O3/c1-37-20-7-4-6-19(16-20)35-25-10-3-2-9-22(25)33-26(35)11-14-30-15-12-27-34-24(18-38-27)28(36)32-17-23-21(29)8-5-13-31-23/h2-10,13,16,18,30H,11-12,14-15,17H2,1H3,(H,32,36). The first-order chi connectivity index (χ1) is 18.6. The van der Waals surface area contributed by atoms with Crippen LogP contribution in [-0.2, 0) is 19.4 Å². The van der Waals surface area contributed by atoms with E-state index in [0.717, 1.165) is 28.3 Å². The Morgan fingerprint density at radius 3 is 2.79 bits per heavy atom. The van der Waals surface area contributed by atoms with Crippen LogP contribution in [0.2, 0.25) is 0 Å². The Labute approximate surface area is 218 Å². The Bertz CT molecular complexity index is 1550. The van der Waals surface area contributed by atoms with Crippen molar-refractivity contribution in [3.63, 3.8) is 0 Å². The Balaban J connectivity index is 1.15. The molecule has 0 aliphatic rings. The van der Waals surface area contributed by atoms with Crippen molar-refractivity contribution in [3.8, 4) is 11.4 Å². The van der Waals surface area contributed by atoms with Gasteiger partial charge in [-0.25, -0.2) is 14.4 Å². The van der Waals surface area contributed by atoms with E-state index in [-0.39, 0.29) is 17.9 Å². The van der Waals surface area contributed by atoms with Crippen LogP contribution in [0.3, 0.4) is 0 Å². The molecule has 38 heavy (non-hydrogen) atoms. The first-order valence-electron chi connectivity index (χ1n) is 12.3. The van der Waals surface area contributed by atoms with Gasteiger partial charge < -0.3 is 19.8 Å². The molecule has 0 saturated heterocycles. The number of hydrogen-bond donors (Lipinski definition) is 2. The second kappa shape index (κ2) is 11.7. The number of para-hydroxylation sites is 2. The summed E-state index contributed by atoms with van der Waals surface area (Å²) in [4.78, 5) is 25.3. The molecule has 0 unspecified atom stereocenters. The second-order valence-corrected chi connectivity index (χ2v) is 8.54. The van der Waals surface area contributed by atoms with Gasteiger partial charge in [0.15, 0.2) is 11.6 Å². The maximum atomic E-state index is 13.7. The van der Waals surface area contributed by atoms with Gasteiger partial charge >= 0.3 is 0 Å². The third-order valence-corrected chi connectivity index (χ3v) is 6.02. The summed E-state index contributed by atoms with van der Waals surface area (Å²) in [6.07, 6.45) is 3.99. The van der Waals surface area contributed by atoms with Gasteiger partial charge in [0, 0.05) is 38.2 Å². The average molecular weight is 515 g/mol. The van der Waals surface area contributed by atoms with E-state index in [1.165, 1.54) is 24.6 Å². The predicted molar refractivity (Wildman–Crippen MR) is 140 cm³/mol. The SMILES string of the molecule is COc1cccc(-n2c(CCNCCc3nc(C(=O)NCc4ncccc4F)co3)nc3ccccc32)c1. The van der Waals surface area contributed by atoms with Crippen LogP contribution in [0.1, 0.15) is 27.9 Å². The van der Waals surface area contributed by atoms with Gasteiger partial charge in [-0.05, 0) is 36.4 Å². The number of hydrogen-bond acceptors (Lipinski definition) is 7. The molecule has 0 radical (unpaired) electrons. The molecule has 0 saturated carbocycles. The van der Waals surface area contributed by atoms with E-state index in [0.29, 0.717) is 31.8 Å². The predicted octanol–water partition coefficient (Wildman–Crippen LogP) is 3.86. The molecule has 0 fully saturated rings. The van der Waals surface area contributed by atoms with Crippen LogP contribution in [0.15, 0.2) is 77.5 Å². The Hall–Kier alpha value is -4.57. The molecule has 9 nitrogen and oxygen atoms in total. The van der Waals surface area contributed by atoms with E-state index in [4.69, 9.17) is 14.1 Å². The van der Waals surface area contributed by atoms with Gasteiger partial charge in [0.25, 0.3) is 5.91 Å². The largest absolute Gasteiger partial charge is 0.497 e. The smallest absolute Gasteiger partial charge is 0.273 e. The van der Waals surface area contributed by atoms with Crippen molar-refractivity contribution in [3.05, 3.63) is 102 Å². The molecule has 2 aromatic carbocycles. The zero-order valence-corrected chi connectivity index (χ0v) is 20.9. The van der Waals surface area contributed by atoms with Crippen LogP contribution in [-0.4, -0.2) is 45.6 Å². The summed E-state index contributed by atoms with van der Waals surface area (Å²) in [5.41, 5.74) is 3.26. The minimum absolute atomic E-state index is 0.0320. The maximum Gasteiger partial charge on any atom is 0.273 e. The molecule has 3 aromatic heterocycles. The number of methoxy groups -OCH3 is 1. The van der Waals surface area contributed by atoms with Crippen molar-refractivity contribution in [1.82, 2.24) is 30.2 Å². The molecule has 5 aromatic rings. The average Bonchev–Trinajstić information content (AvgIpc) is 3.57. The van der Waals surface area contributed by atoms with Crippen molar-refractivity contribution in [2.75, 3.05) is 20.2 Å². The van der Waals surface area contributed by atoms with Crippen molar-refractivity contribution < 1.29 is 18.3 Å². The van der Waals surface area contributed by atoms with E-state index < -0.39 is 11.7 Å². The number of nitrogens with zero attached hydrogens (tertiary/aromatic N) is 4. The molecular weight excluding hydrogens is 487 g/mol. The number of rotatable bonds is 11. The molecule has 2 N–H and O–H groups in total. The third kappa shape index (κ3) is 5.70. The minimum Gasteiger partial charge on any atom is -0.497 e. The van der Waals surface area contributed by atoms with E-state index in [2.05, 4.69) is 31.2 Å². The van der Waals surface area contributed by atoms with Crippen molar-refractivity contribution in [1.29, 1.82) is 0 Å². The number of pyridine rings is 1. The Kier molecular flexibility index (Phi) is 7.70. The van der Waals surface area contributed by atoms with Crippen LogP contribution in [0, 0.1) is 5.82 Å². The van der Waals surface area contributed by atoms with Gasteiger partial charge in [0.05, 0.1) is 36.1 Å². The highest BCUT2D eigenvalue weighted by Crippen LogP contribution is 2.24. The second-order valence-electron chi connectivity index (χ2n) is 8.54. The topological polar surface area (TPSA) is 107 Å². The monoisotopic (exact) mass is 514 g/mol. The van der Waals surface area contributed by atoms with E-state index in [1.54, 1.807) is 7.11 Å². The molecule has 0 bridgehead atoms. The number of benzene rings is 2. The highest BCUT2D eigenvalue weighted by Gasteiger charge is 2.14. The zero-order valence-electron chi connectivity index (χ0n) is 20.9. The van der Waals surface area contributed by atoms with Crippen LogP contribution in [0.4, 0.5) is 4.39 Å². The van der Waals surface area contributed by atoms with Crippen molar-refractivity contribution >= 4 is 16.9 Å². The van der Waals surface area contributed by atoms with Gasteiger partial charge in [-0.2, -0.15) is 0 Å². The number of halogens is 1. The molecule has 0 atom stereocenters. The highest BCUT2D eigenvalue weighted by atomic mass is 19.1. The summed E-state index contributed by atoms with van der Waals surface area (Å²) >= 11 is 0. The number of ether oxygens (including phenoxy) is 1. The van der Waals surface area contributed by atoms with Gasteiger partial charge in [-0.3, -0.25) is 14.3 Å². The number of carbonyl (C=O) groups excluding carboxylic acids is 1. The van der Waals surface area contributed by atoms with Gasteiger partial charge in [-0.15, -0.1) is 0 Å². The molecular formula is C28H27FN6O3. The van der Waals surface area contributed by atoms with E-state index in [1.807, 2.05) is 42.5 Å². The third-order valence-electron chi connectivity index (χ3n) is 6.02. The first kappa shape index (κ1) is 25.1. The molecule has 194 valence electrons. The Morgan fingerprint density at radius 1 is 1.05 bits per heavy atom. The summed E-state index contributed by atoms with van der Waals surface area (Å²) in [6.45, 7) is 1.27. The maximum absolute atomic E-state index is 13.7. The summed E-state index contributed by atoms with van der Waals surface area (Å²) in [5, 5.41) is 5.99. The number of carbonyl (C=O) groups is 1. The fourth-order valence-electron chi connectivity index (χ4n) is 4.13. The fraction of sp³-hybridized carbons (Fsp3) is 0.214. The van der Waals surface area contributed by atoms with Crippen LogP contribution in [0.25, 0.3) is 16.7 Å². The molecule has 1 amide bonds. The lowest BCUT2D eigenvalue weighted by Gasteiger charge is -2.11. The number of aromatic nitrogens is 4. The lowest BCUT2D eigenvalue weighted by molar-refractivity contribution is 0.0945. The molecule has 5 rings (SSSR count). The molecule has 0 spiro atoms. The van der Waals surface area contributed by atoms with Gasteiger partial charge in [-0.1, -0.05) is 18.2 Å². The number of oxazole rings is 1. The van der Waals surface area contributed by atoms with Crippen LogP contribution >= 0.6 is 0 Å². The number of fused-ring (bicyclic) bond motifs is 1. The molecule has 3 heterocycles. The first-order valence-corrected chi connectivity index (χ1v) is 12.3.